The summed E-state index contributed by atoms with van der Waals surface area (Å²) in [5, 5.41) is 31.4. The quantitative estimate of drug-likeness (QED) is 0.208. The van der Waals surface area contributed by atoms with E-state index in [2.05, 4.69) is 55.0 Å². The molecule has 0 spiro atoms. The molecule has 0 amide bonds. The molecule has 5 aliphatic carbocycles. The SMILES string of the molecule is C=C(C)[C@@H]1CC[C@]2(CCCC)CC[C@]3(C)[C@H](CC[C@@H]4[C@@]5(C)CC[C@H](O[C@@H]6O[C@@H](C)[C@H](O)[C@@H](O)[C@H]6O)C(C)(C)[C@@H]5CC[C@]43C)[C@@H]12. The van der Waals surface area contributed by atoms with E-state index in [1.165, 1.54) is 76.2 Å². The van der Waals surface area contributed by atoms with Crippen LogP contribution in [0.2, 0.25) is 0 Å². The molecule has 252 valence electrons. The number of aliphatic hydroxyl groups excluding tert-OH is 3. The van der Waals surface area contributed by atoms with Gasteiger partial charge in [0.2, 0.25) is 0 Å². The normalized spacial score (nSPS) is 54.9. The number of hydrogen-bond donors (Lipinski definition) is 3. The molecule has 0 aromatic heterocycles. The highest BCUT2D eigenvalue weighted by Crippen LogP contribution is 2.78. The van der Waals surface area contributed by atoms with Crippen molar-refractivity contribution >= 4 is 0 Å². The lowest BCUT2D eigenvalue weighted by molar-refractivity contribution is -0.326. The van der Waals surface area contributed by atoms with Crippen molar-refractivity contribution in [2.24, 2.45) is 56.7 Å². The van der Waals surface area contributed by atoms with E-state index in [4.69, 9.17) is 9.47 Å². The molecule has 0 radical (unpaired) electrons. The minimum atomic E-state index is -1.26. The molecule has 1 aliphatic heterocycles. The van der Waals surface area contributed by atoms with Gasteiger partial charge in [0.1, 0.15) is 18.3 Å². The first-order chi connectivity index (χ1) is 20.6. The summed E-state index contributed by atoms with van der Waals surface area (Å²) in [4.78, 5) is 0. The number of fused-ring (bicyclic) bond motifs is 7. The summed E-state index contributed by atoms with van der Waals surface area (Å²) in [6, 6.07) is 0. The van der Waals surface area contributed by atoms with Crippen LogP contribution in [0.1, 0.15) is 139 Å². The van der Waals surface area contributed by atoms with Crippen LogP contribution in [-0.2, 0) is 9.47 Å². The Morgan fingerprint density at radius 3 is 2.23 bits per heavy atom. The summed E-state index contributed by atoms with van der Waals surface area (Å²) in [5.41, 5.74) is 2.86. The smallest absolute Gasteiger partial charge is 0.186 e. The summed E-state index contributed by atoms with van der Waals surface area (Å²) in [6.07, 6.45) is 11.9. The fraction of sp³-hybridized carbons (Fsp3) is 0.949. The van der Waals surface area contributed by atoms with Gasteiger partial charge in [0.15, 0.2) is 6.29 Å². The molecule has 1 saturated heterocycles. The van der Waals surface area contributed by atoms with Crippen molar-refractivity contribution in [1.29, 1.82) is 0 Å². The fourth-order valence-corrected chi connectivity index (χ4v) is 13.7. The zero-order chi connectivity index (χ0) is 32.0. The van der Waals surface area contributed by atoms with Gasteiger partial charge in [-0.25, -0.2) is 0 Å². The Labute approximate surface area is 268 Å². The Bertz CT molecular complexity index is 1090. The average molecular weight is 615 g/mol. The molecular formula is C39H66O5. The van der Waals surface area contributed by atoms with E-state index in [9.17, 15) is 15.3 Å². The maximum absolute atomic E-state index is 10.8. The van der Waals surface area contributed by atoms with Gasteiger partial charge in [-0.2, -0.15) is 0 Å². The monoisotopic (exact) mass is 614 g/mol. The highest BCUT2D eigenvalue weighted by atomic mass is 16.7. The number of rotatable bonds is 6. The predicted molar refractivity (Wildman–Crippen MR) is 176 cm³/mol. The molecule has 5 saturated carbocycles. The van der Waals surface area contributed by atoms with Gasteiger partial charge < -0.3 is 24.8 Å². The summed E-state index contributed by atoms with van der Waals surface area (Å²) < 4.78 is 12.5. The van der Waals surface area contributed by atoms with Crippen LogP contribution in [0.25, 0.3) is 0 Å². The van der Waals surface area contributed by atoms with E-state index < -0.39 is 30.7 Å². The number of unbranched alkanes of at least 4 members (excludes halogenated alkanes) is 1. The molecule has 0 bridgehead atoms. The summed E-state index contributed by atoms with van der Waals surface area (Å²) in [5.74, 6) is 3.56. The fourth-order valence-electron chi connectivity index (χ4n) is 13.7. The lowest BCUT2D eigenvalue weighted by atomic mass is 9.32. The highest BCUT2D eigenvalue weighted by Gasteiger charge is 2.71. The van der Waals surface area contributed by atoms with Gasteiger partial charge in [-0.1, -0.05) is 66.5 Å². The van der Waals surface area contributed by atoms with Crippen LogP contribution in [0.15, 0.2) is 12.2 Å². The molecule has 6 rings (SSSR count). The molecule has 0 aromatic rings. The standard InChI is InChI=1S/C39H66O5/c1-10-11-17-39-20-14-25(23(2)3)30(39)26-12-13-28-36(7)18-16-29(44-34-33(42)32(41)31(40)24(4)43-34)35(5,6)27(36)15-19-38(28,9)37(26,8)21-22-39/h24-34,40-42H,2,10-22H2,1,3-9H3/t24-,25-,26+,27-,28+,29-,30+,31-,32+,33+,34-,36-,37+,38+,39+/m0/s1. The van der Waals surface area contributed by atoms with Crippen molar-refractivity contribution in [3.8, 4) is 0 Å². The zero-order valence-electron chi connectivity index (χ0n) is 29.4. The average Bonchev–Trinajstić information content (AvgIpc) is 3.35. The van der Waals surface area contributed by atoms with Crippen LogP contribution in [-0.4, -0.2) is 52.1 Å². The third-order valence-corrected chi connectivity index (χ3v) is 16.3. The largest absolute Gasteiger partial charge is 0.388 e. The first kappa shape index (κ1) is 33.4. The van der Waals surface area contributed by atoms with Crippen molar-refractivity contribution in [3.63, 3.8) is 0 Å². The van der Waals surface area contributed by atoms with Crippen LogP contribution >= 0.6 is 0 Å². The van der Waals surface area contributed by atoms with Gasteiger partial charge in [0.05, 0.1) is 12.2 Å². The van der Waals surface area contributed by atoms with Crippen LogP contribution < -0.4 is 0 Å². The van der Waals surface area contributed by atoms with Crippen molar-refractivity contribution in [2.45, 2.75) is 176 Å². The third kappa shape index (κ3) is 4.62. The molecule has 3 N–H and O–H groups in total. The zero-order valence-corrected chi connectivity index (χ0v) is 29.4. The first-order valence-corrected chi connectivity index (χ1v) is 18.6. The molecule has 5 heteroatoms. The lowest BCUT2D eigenvalue weighted by Crippen LogP contribution is -2.67. The molecule has 6 aliphatic rings. The van der Waals surface area contributed by atoms with Crippen LogP contribution in [0.5, 0.6) is 0 Å². The van der Waals surface area contributed by atoms with Crippen molar-refractivity contribution in [2.75, 3.05) is 0 Å². The molecule has 0 unspecified atom stereocenters. The van der Waals surface area contributed by atoms with Crippen LogP contribution in [0, 0.1) is 56.7 Å². The van der Waals surface area contributed by atoms with E-state index in [1.54, 1.807) is 6.92 Å². The van der Waals surface area contributed by atoms with Crippen molar-refractivity contribution in [3.05, 3.63) is 12.2 Å². The molecule has 15 atom stereocenters. The Kier molecular flexibility index (Phi) is 8.60. The number of allylic oxidation sites excluding steroid dienone is 1. The second-order valence-corrected chi connectivity index (χ2v) is 18.3. The Hall–Kier alpha value is -0.460. The Morgan fingerprint density at radius 2 is 1.55 bits per heavy atom. The van der Waals surface area contributed by atoms with Gasteiger partial charge in [0, 0.05) is 0 Å². The van der Waals surface area contributed by atoms with Crippen molar-refractivity contribution < 1.29 is 24.8 Å². The van der Waals surface area contributed by atoms with Crippen LogP contribution in [0.4, 0.5) is 0 Å². The molecule has 1 heterocycles. The second-order valence-electron chi connectivity index (χ2n) is 18.3. The predicted octanol–water partition coefficient (Wildman–Crippen LogP) is 8.05. The van der Waals surface area contributed by atoms with E-state index in [1.807, 2.05) is 0 Å². The summed E-state index contributed by atoms with van der Waals surface area (Å²) in [6.45, 7) is 23.9. The number of aliphatic hydroxyl groups is 3. The molecular weight excluding hydrogens is 548 g/mol. The number of ether oxygens (including phenoxy) is 2. The van der Waals surface area contributed by atoms with Gasteiger partial charge in [-0.15, -0.1) is 0 Å². The number of hydrogen-bond acceptors (Lipinski definition) is 5. The minimum absolute atomic E-state index is 0.0603. The van der Waals surface area contributed by atoms with E-state index in [0.717, 1.165) is 24.7 Å². The molecule has 44 heavy (non-hydrogen) atoms. The van der Waals surface area contributed by atoms with Crippen LogP contribution in [0.3, 0.4) is 0 Å². The van der Waals surface area contributed by atoms with Gasteiger partial charge in [-0.3, -0.25) is 0 Å². The third-order valence-electron chi connectivity index (χ3n) is 16.3. The second kappa shape index (κ2) is 11.3. The maximum atomic E-state index is 10.8. The van der Waals surface area contributed by atoms with E-state index >= 15 is 0 Å². The summed E-state index contributed by atoms with van der Waals surface area (Å²) >= 11 is 0. The maximum Gasteiger partial charge on any atom is 0.186 e. The lowest BCUT2D eigenvalue weighted by Gasteiger charge is -2.73. The Balaban J connectivity index is 1.26. The summed E-state index contributed by atoms with van der Waals surface area (Å²) in [7, 11) is 0. The van der Waals surface area contributed by atoms with Crippen molar-refractivity contribution in [1.82, 2.24) is 0 Å². The Morgan fingerprint density at radius 1 is 0.818 bits per heavy atom. The van der Waals surface area contributed by atoms with E-state index in [-0.39, 0.29) is 16.9 Å². The molecule has 0 aromatic carbocycles. The molecule has 6 fully saturated rings. The first-order valence-electron chi connectivity index (χ1n) is 18.6. The topological polar surface area (TPSA) is 79.2 Å². The highest BCUT2D eigenvalue weighted by molar-refractivity contribution is 5.21. The van der Waals surface area contributed by atoms with Gasteiger partial charge in [-0.05, 0) is 141 Å². The minimum Gasteiger partial charge on any atom is -0.388 e. The van der Waals surface area contributed by atoms with E-state index in [0.29, 0.717) is 34.0 Å². The van der Waals surface area contributed by atoms with Gasteiger partial charge in [0.25, 0.3) is 0 Å². The molecule has 5 nitrogen and oxygen atoms in total. The van der Waals surface area contributed by atoms with Gasteiger partial charge >= 0.3 is 0 Å².